The monoisotopic (exact) mass is 280 g/mol. The van der Waals surface area contributed by atoms with Crippen LogP contribution < -0.4 is 5.32 Å². The normalized spacial score (nSPS) is 14.1. The van der Waals surface area contributed by atoms with Crippen LogP contribution in [0.1, 0.15) is 41.5 Å². The van der Waals surface area contributed by atoms with Gasteiger partial charge in [-0.1, -0.05) is 13.3 Å². The molecule has 0 radical (unpaired) electrons. The Morgan fingerprint density at radius 2 is 2.30 bits per heavy atom. The van der Waals surface area contributed by atoms with Gasteiger partial charge in [0.1, 0.15) is 0 Å². The van der Waals surface area contributed by atoms with Crippen LogP contribution in [0.3, 0.4) is 0 Å². The van der Waals surface area contributed by atoms with Crippen molar-refractivity contribution < 1.29 is 9.53 Å². The van der Waals surface area contributed by atoms with Crippen molar-refractivity contribution in [1.82, 2.24) is 20.4 Å². The van der Waals surface area contributed by atoms with E-state index in [1.54, 1.807) is 7.11 Å². The molecule has 6 nitrogen and oxygen atoms in total. The number of methoxy groups -OCH3 is 1. The second-order valence-corrected chi connectivity index (χ2v) is 5.09. The Morgan fingerprint density at radius 3 is 3.05 bits per heavy atom. The number of rotatable bonds is 7. The van der Waals surface area contributed by atoms with E-state index < -0.39 is 0 Å². The van der Waals surface area contributed by atoms with E-state index in [1.807, 2.05) is 4.90 Å². The number of H-pyrrole nitrogens is 1. The Hall–Kier alpha value is -1.40. The van der Waals surface area contributed by atoms with Crippen LogP contribution >= 0.6 is 0 Å². The smallest absolute Gasteiger partial charge is 0.274 e. The standard InChI is InChI=1S/C14H24N4O2/c1-3-4-7-18(8-9-20-2)14(19)13-11-10-15-6-5-12(11)16-17-13/h15H,3-10H2,1-2H3,(H,16,17). The molecule has 2 rings (SSSR count). The number of ether oxygens (including phenoxy) is 1. The number of carbonyl (C=O) groups excluding carboxylic acids is 1. The minimum Gasteiger partial charge on any atom is -0.383 e. The second kappa shape index (κ2) is 7.40. The van der Waals surface area contributed by atoms with Gasteiger partial charge in [-0.05, 0) is 6.42 Å². The zero-order valence-electron chi connectivity index (χ0n) is 12.4. The molecular formula is C14H24N4O2. The number of nitrogens with zero attached hydrogens (tertiary/aromatic N) is 2. The summed E-state index contributed by atoms with van der Waals surface area (Å²) in [7, 11) is 1.66. The molecule has 20 heavy (non-hydrogen) atoms. The molecule has 0 aromatic carbocycles. The molecule has 1 amide bonds. The average molecular weight is 280 g/mol. The van der Waals surface area contributed by atoms with Crippen LogP contribution in [0.25, 0.3) is 0 Å². The highest BCUT2D eigenvalue weighted by atomic mass is 16.5. The fraction of sp³-hybridized carbons (Fsp3) is 0.714. The molecular weight excluding hydrogens is 256 g/mol. The molecule has 0 aliphatic carbocycles. The van der Waals surface area contributed by atoms with Crippen molar-refractivity contribution in [2.24, 2.45) is 0 Å². The molecule has 0 bridgehead atoms. The third-order valence-corrected chi connectivity index (χ3v) is 3.64. The summed E-state index contributed by atoms with van der Waals surface area (Å²) in [4.78, 5) is 14.5. The number of aromatic nitrogens is 2. The first-order valence-corrected chi connectivity index (χ1v) is 7.33. The molecule has 1 aliphatic rings. The highest BCUT2D eigenvalue weighted by molar-refractivity contribution is 5.94. The van der Waals surface area contributed by atoms with E-state index in [4.69, 9.17) is 4.74 Å². The molecule has 2 N–H and O–H groups in total. The number of fused-ring (bicyclic) bond motifs is 1. The second-order valence-electron chi connectivity index (χ2n) is 5.09. The van der Waals surface area contributed by atoms with Crippen LogP contribution in [0.4, 0.5) is 0 Å². The van der Waals surface area contributed by atoms with E-state index in [2.05, 4.69) is 22.4 Å². The first kappa shape index (κ1) is 15.0. The Labute approximate surface area is 119 Å². The predicted octanol–water partition coefficient (Wildman–Crippen LogP) is 0.944. The van der Waals surface area contributed by atoms with E-state index in [-0.39, 0.29) is 5.91 Å². The largest absolute Gasteiger partial charge is 0.383 e. The molecule has 1 aromatic rings. The van der Waals surface area contributed by atoms with Gasteiger partial charge in [-0.3, -0.25) is 9.89 Å². The highest BCUT2D eigenvalue weighted by Crippen LogP contribution is 2.17. The summed E-state index contributed by atoms with van der Waals surface area (Å²) >= 11 is 0. The van der Waals surface area contributed by atoms with Crippen molar-refractivity contribution in [1.29, 1.82) is 0 Å². The minimum atomic E-state index is 0.0108. The number of hydrogen-bond acceptors (Lipinski definition) is 4. The maximum atomic E-state index is 12.6. The van der Waals surface area contributed by atoms with Gasteiger partial charge < -0.3 is 15.0 Å². The summed E-state index contributed by atoms with van der Waals surface area (Å²) in [6.07, 6.45) is 2.97. The topological polar surface area (TPSA) is 70.2 Å². The van der Waals surface area contributed by atoms with Gasteiger partial charge in [0.05, 0.1) is 6.61 Å². The van der Waals surface area contributed by atoms with Crippen molar-refractivity contribution in [3.8, 4) is 0 Å². The van der Waals surface area contributed by atoms with Crippen LogP contribution in [0.2, 0.25) is 0 Å². The highest BCUT2D eigenvalue weighted by Gasteiger charge is 2.25. The number of nitrogens with one attached hydrogen (secondary N) is 2. The number of unbranched alkanes of at least 4 members (excludes halogenated alkanes) is 1. The lowest BCUT2D eigenvalue weighted by Crippen LogP contribution is -2.36. The molecule has 1 aliphatic heterocycles. The molecule has 0 atom stereocenters. The molecule has 0 saturated carbocycles. The van der Waals surface area contributed by atoms with Crippen molar-refractivity contribution in [3.05, 3.63) is 17.0 Å². The maximum absolute atomic E-state index is 12.6. The first-order valence-electron chi connectivity index (χ1n) is 7.33. The fourth-order valence-corrected chi connectivity index (χ4v) is 2.42. The Kier molecular flexibility index (Phi) is 5.55. The molecule has 112 valence electrons. The Balaban J connectivity index is 2.11. The van der Waals surface area contributed by atoms with E-state index in [1.165, 1.54) is 0 Å². The van der Waals surface area contributed by atoms with E-state index >= 15 is 0 Å². The SMILES string of the molecule is CCCCN(CCOC)C(=O)c1n[nH]c2c1CNCC2. The third-order valence-electron chi connectivity index (χ3n) is 3.64. The molecule has 6 heteroatoms. The predicted molar refractivity (Wildman–Crippen MR) is 76.7 cm³/mol. The molecule has 0 unspecified atom stereocenters. The summed E-state index contributed by atoms with van der Waals surface area (Å²) in [5, 5.41) is 10.5. The van der Waals surface area contributed by atoms with E-state index in [0.717, 1.165) is 50.2 Å². The molecule has 0 saturated heterocycles. The zero-order valence-corrected chi connectivity index (χ0v) is 12.4. The van der Waals surface area contributed by atoms with Crippen LogP contribution in [0.15, 0.2) is 0 Å². The van der Waals surface area contributed by atoms with Crippen LogP contribution in [-0.2, 0) is 17.7 Å². The number of aromatic amines is 1. The zero-order chi connectivity index (χ0) is 14.4. The Morgan fingerprint density at radius 1 is 1.45 bits per heavy atom. The lowest BCUT2D eigenvalue weighted by Gasteiger charge is -2.22. The molecule has 2 heterocycles. The summed E-state index contributed by atoms with van der Waals surface area (Å²) in [5.41, 5.74) is 2.69. The van der Waals surface area contributed by atoms with Crippen LogP contribution in [-0.4, -0.2) is 54.4 Å². The van der Waals surface area contributed by atoms with Gasteiger partial charge >= 0.3 is 0 Å². The number of amides is 1. The van der Waals surface area contributed by atoms with Gasteiger partial charge in [0.15, 0.2) is 5.69 Å². The van der Waals surface area contributed by atoms with E-state index in [9.17, 15) is 4.79 Å². The van der Waals surface area contributed by atoms with Crippen molar-refractivity contribution >= 4 is 5.91 Å². The minimum absolute atomic E-state index is 0.0108. The van der Waals surface area contributed by atoms with Gasteiger partial charge in [0.2, 0.25) is 0 Å². The summed E-state index contributed by atoms with van der Waals surface area (Å²) in [6.45, 7) is 5.71. The first-order chi connectivity index (χ1) is 9.77. The molecule has 1 aromatic heterocycles. The van der Waals surface area contributed by atoms with Gasteiger partial charge in [-0.25, -0.2) is 0 Å². The average Bonchev–Trinajstić information content (AvgIpc) is 2.91. The lowest BCUT2D eigenvalue weighted by atomic mass is 10.1. The number of carbonyl (C=O) groups is 1. The molecule has 0 fully saturated rings. The van der Waals surface area contributed by atoms with Crippen LogP contribution in [0, 0.1) is 0 Å². The van der Waals surface area contributed by atoms with Gasteiger partial charge in [-0.15, -0.1) is 0 Å². The van der Waals surface area contributed by atoms with E-state index in [0.29, 0.717) is 18.8 Å². The lowest BCUT2D eigenvalue weighted by molar-refractivity contribution is 0.0686. The summed E-state index contributed by atoms with van der Waals surface area (Å²) < 4.78 is 5.10. The summed E-state index contributed by atoms with van der Waals surface area (Å²) in [5.74, 6) is 0.0108. The van der Waals surface area contributed by atoms with Gasteiger partial charge in [-0.2, -0.15) is 5.10 Å². The van der Waals surface area contributed by atoms with Crippen molar-refractivity contribution in [2.75, 3.05) is 33.4 Å². The summed E-state index contributed by atoms with van der Waals surface area (Å²) in [6, 6.07) is 0. The Bertz CT molecular complexity index is 436. The molecule has 0 spiro atoms. The van der Waals surface area contributed by atoms with Gasteiger partial charge in [0, 0.05) is 51.0 Å². The fourth-order valence-electron chi connectivity index (χ4n) is 2.42. The van der Waals surface area contributed by atoms with Gasteiger partial charge in [0.25, 0.3) is 5.91 Å². The number of hydrogen-bond donors (Lipinski definition) is 2. The quantitative estimate of drug-likeness (QED) is 0.780. The van der Waals surface area contributed by atoms with Crippen molar-refractivity contribution in [2.45, 2.75) is 32.7 Å². The van der Waals surface area contributed by atoms with Crippen LogP contribution in [0.5, 0.6) is 0 Å². The maximum Gasteiger partial charge on any atom is 0.274 e. The van der Waals surface area contributed by atoms with Crippen molar-refractivity contribution in [3.63, 3.8) is 0 Å². The third kappa shape index (κ3) is 3.37.